The van der Waals surface area contributed by atoms with E-state index in [1.807, 2.05) is 6.92 Å². The number of aromatic nitrogens is 1. The standard InChI is InChI=1S/C12H10ClNO3/c1-6-9(17-2)4-3-8-10(6)7(5-14-8)11(15)12(13)16/h3-5,14H,1-2H3. The second kappa shape index (κ2) is 4.22. The number of carbonyl (C=O) groups is 2. The first-order chi connectivity index (χ1) is 8.06. The molecule has 2 rings (SSSR count). The number of aromatic amines is 1. The number of nitrogens with one attached hydrogen (secondary N) is 1. The van der Waals surface area contributed by atoms with Gasteiger partial charge in [-0.25, -0.2) is 0 Å². The summed E-state index contributed by atoms with van der Waals surface area (Å²) in [7, 11) is 1.55. The van der Waals surface area contributed by atoms with Crippen LogP contribution in [-0.2, 0) is 4.79 Å². The topological polar surface area (TPSA) is 59.2 Å². The number of aryl methyl sites for hydroxylation is 1. The Hall–Kier alpha value is -1.81. The van der Waals surface area contributed by atoms with Gasteiger partial charge in [0, 0.05) is 22.7 Å². The van der Waals surface area contributed by atoms with E-state index in [1.165, 1.54) is 6.20 Å². The average Bonchev–Trinajstić information content (AvgIpc) is 2.73. The molecule has 0 amide bonds. The minimum Gasteiger partial charge on any atom is -0.496 e. The van der Waals surface area contributed by atoms with Crippen molar-refractivity contribution in [3.05, 3.63) is 29.5 Å². The molecule has 0 saturated carbocycles. The van der Waals surface area contributed by atoms with Gasteiger partial charge >= 0.3 is 0 Å². The van der Waals surface area contributed by atoms with Crippen LogP contribution in [0.3, 0.4) is 0 Å². The van der Waals surface area contributed by atoms with Gasteiger partial charge < -0.3 is 9.72 Å². The van der Waals surface area contributed by atoms with Gasteiger partial charge in [0.25, 0.3) is 5.24 Å². The van der Waals surface area contributed by atoms with Gasteiger partial charge in [-0.15, -0.1) is 0 Å². The van der Waals surface area contributed by atoms with Crippen LogP contribution in [0.1, 0.15) is 15.9 Å². The van der Waals surface area contributed by atoms with Crippen molar-refractivity contribution in [2.24, 2.45) is 0 Å². The molecule has 0 spiro atoms. The molecule has 0 fully saturated rings. The van der Waals surface area contributed by atoms with E-state index in [9.17, 15) is 9.59 Å². The molecule has 4 nitrogen and oxygen atoms in total. The lowest BCUT2D eigenvalue weighted by Gasteiger charge is -2.06. The summed E-state index contributed by atoms with van der Waals surface area (Å²) in [6, 6.07) is 3.58. The third-order valence-electron chi connectivity index (χ3n) is 2.70. The van der Waals surface area contributed by atoms with Crippen LogP contribution in [0.5, 0.6) is 5.75 Å². The summed E-state index contributed by atoms with van der Waals surface area (Å²) in [5.41, 5.74) is 1.84. The van der Waals surface area contributed by atoms with E-state index < -0.39 is 11.0 Å². The summed E-state index contributed by atoms with van der Waals surface area (Å²) in [5.74, 6) is -0.0533. The van der Waals surface area contributed by atoms with E-state index in [4.69, 9.17) is 16.3 Å². The highest BCUT2D eigenvalue weighted by Gasteiger charge is 2.20. The molecule has 1 aromatic heterocycles. The van der Waals surface area contributed by atoms with E-state index >= 15 is 0 Å². The Morgan fingerprint density at radius 3 is 2.65 bits per heavy atom. The third-order valence-corrected chi connectivity index (χ3v) is 2.87. The van der Waals surface area contributed by atoms with Crippen LogP contribution in [0.2, 0.25) is 0 Å². The number of hydrogen-bond acceptors (Lipinski definition) is 3. The number of ketones is 1. The summed E-state index contributed by atoms with van der Waals surface area (Å²) in [4.78, 5) is 25.5. The summed E-state index contributed by atoms with van der Waals surface area (Å²) in [6.07, 6.45) is 1.49. The zero-order valence-corrected chi connectivity index (χ0v) is 10.1. The van der Waals surface area contributed by atoms with Crippen molar-refractivity contribution in [3.63, 3.8) is 0 Å². The summed E-state index contributed by atoms with van der Waals surface area (Å²) >= 11 is 5.21. The number of rotatable bonds is 3. The SMILES string of the molecule is COc1ccc2[nH]cc(C(=O)C(=O)Cl)c2c1C. The van der Waals surface area contributed by atoms with E-state index in [1.54, 1.807) is 19.2 Å². The zero-order chi connectivity index (χ0) is 12.6. The predicted molar refractivity (Wildman–Crippen MR) is 64.8 cm³/mol. The molecule has 0 radical (unpaired) electrons. The Balaban J connectivity index is 2.74. The van der Waals surface area contributed by atoms with Gasteiger partial charge in [0.1, 0.15) is 5.75 Å². The molecule has 0 bridgehead atoms. The molecule has 0 saturated heterocycles. The summed E-state index contributed by atoms with van der Waals surface area (Å²) < 4.78 is 5.17. The maximum Gasteiger partial charge on any atom is 0.293 e. The molecule has 0 atom stereocenters. The Morgan fingerprint density at radius 1 is 1.35 bits per heavy atom. The van der Waals surface area contributed by atoms with Gasteiger partial charge in [0.15, 0.2) is 0 Å². The van der Waals surface area contributed by atoms with E-state index in [0.717, 1.165) is 11.1 Å². The number of carbonyl (C=O) groups excluding carboxylic acids is 2. The lowest BCUT2D eigenvalue weighted by Crippen LogP contribution is -2.06. The molecule has 0 aliphatic heterocycles. The number of Topliss-reactive ketones (excluding diaryl/α,β-unsaturated/α-hetero) is 1. The van der Waals surface area contributed by atoms with Crippen LogP contribution in [0.25, 0.3) is 10.9 Å². The second-order valence-corrected chi connectivity index (χ2v) is 3.96. The van der Waals surface area contributed by atoms with Gasteiger partial charge in [0.2, 0.25) is 5.78 Å². The van der Waals surface area contributed by atoms with Crippen LogP contribution in [0, 0.1) is 6.92 Å². The van der Waals surface area contributed by atoms with Crippen molar-refractivity contribution in [1.82, 2.24) is 4.98 Å². The Morgan fingerprint density at radius 2 is 2.06 bits per heavy atom. The summed E-state index contributed by atoms with van der Waals surface area (Å²) in [6.45, 7) is 1.82. The lowest BCUT2D eigenvalue weighted by molar-refractivity contribution is -0.108. The Kier molecular flexibility index (Phi) is 2.90. The van der Waals surface area contributed by atoms with Crippen molar-refractivity contribution in [2.75, 3.05) is 7.11 Å². The van der Waals surface area contributed by atoms with Crippen molar-refractivity contribution < 1.29 is 14.3 Å². The Labute approximate surface area is 103 Å². The fourth-order valence-electron chi connectivity index (χ4n) is 1.89. The van der Waals surface area contributed by atoms with Crippen molar-refractivity contribution in [1.29, 1.82) is 0 Å². The third kappa shape index (κ3) is 1.80. The van der Waals surface area contributed by atoms with E-state index in [2.05, 4.69) is 4.98 Å². The maximum atomic E-state index is 11.6. The molecule has 0 aliphatic rings. The first-order valence-electron chi connectivity index (χ1n) is 4.95. The number of methoxy groups -OCH3 is 1. The van der Waals surface area contributed by atoms with Gasteiger partial charge in [-0.1, -0.05) is 0 Å². The number of halogens is 1. The predicted octanol–water partition coefficient (Wildman–Crippen LogP) is 2.43. The number of benzene rings is 1. The largest absolute Gasteiger partial charge is 0.496 e. The normalized spacial score (nSPS) is 10.5. The molecule has 0 unspecified atom stereocenters. The first kappa shape index (κ1) is 11.7. The minimum atomic E-state index is -0.992. The summed E-state index contributed by atoms with van der Waals surface area (Å²) in [5, 5.41) is -0.323. The molecule has 2 aromatic rings. The lowest BCUT2D eigenvalue weighted by atomic mass is 10.0. The van der Waals surface area contributed by atoms with Gasteiger partial charge in [-0.05, 0) is 30.7 Å². The highest BCUT2D eigenvalue weighted by atomic mass is 35.5. The van der Waals surface area contributed by atoms with E-state index in [0.29, 0.717) is 11.1 Å². The quantitative estimate of drug-likeness (QED) is 0.518. The van der Waals surface area contributed by atoms with Gasteiger partial charge in [-0.2, -0.15) is 0 Å². The highest BCUT2D eigenvalue weighted by Crippen LogP contribution is 2.29. The molecule has 88 valence electrons. The van der Waals surface area contributed by atoms with Crippen LogP contribution in [0.4, 0.5) is 0 Å². The van der Waals surface area contributed by atoms with Crippen molar-refractivity contribution >= 4 is 33.5 Å². The zero-order valence-electron chi connectivity index (χ0n) is 9.33. The maximum absolute atomic E-state index is 11.6. The second-order valence-electron chi connectivity index (χ2n) is 3.62. The number of H-pyrrole nitrogens is 1. The fraction of sp³-hybridized carbons (Fsp3) is 0.167. The first-order valence-corrected chi connectivity index (χ1v) is 5.33. The molecule has 1 aromatic carbocycles. The van der Waals surface area contributed by atoms with Crippen LogP contribution >= 0.6 is 11.6 Å². The number of hydrogen-bond donors (Lipinski definition) is 1. The fourth-order valence-corrected chi connectivity index (χ4v) is 1.99. The minimum absolute atomic E-state index is 0.274. The van der Waals surface area contributed by atoms with Crippen molar-refractivity contribution in [3.8, 4) is 5.75 Å². The monoisotopic (exact) mass is 251 g/mol. The number of ether oxygens (including phenoxy) is 1. The average molecular weight is 252 g/mol. The molecule has 0 aliphatic carbocycles. The molecular formula is C12H10ClNO3. The van der Waals surface area contributed by atoms with Gasteiger partial charge in [-0.3, -0.25) is 9.59 Å². The van der Waals surface area contributed by atoms with Crippen LogP contribution in [-0.4, -0.2) is 23.1 Å². The smallest absolute Gasteiger partial charge is 0.293 e. The Bertz CT molecular complexity index is 615. The number of fused-ring (bicyclic) bond motifs is 1. The molecule has 1 heterocycles. The molecule has 1 N–H and O–H groups in total. The van der Waals surface area contributed by atoms with Crippen LogP contribution in [0.15, 0.2) is 18.3 Å². The molecule has 5 heteroatoms. The molecular weight excluding hydrogens is 242 g/mol. The molecule has 17 heavy (non-hydrogen) atoms. The highest BCUT2D eigenvalue weighted by molar-refractivity contribution is 6.83. The van der Waals surface area contributed by atoms with E-state index in [-0.39, 0.29) is 5.56 Å². The van der Waals surface area contributed by atoms with Crippen LogP contribution < -0.4 is 4.74 Å². The van der Waals surface area contributed by atoms with Gasteiger partial charge in [0.05, 0.1) is 12.7 Å². The van der Waals surface area contributed by atoms with Crippen molar-refractivity contribution in [2.45, 2.75) is 6.92 Å².